The number of hydrogen-bond donors (Lipinski definition) is 1. The molecule has 0 aliphatic carbocycles. The van der Waals surface area contributed by atoms with E-state index in [1.807, 2.05) is 24.5 Å². The van der Waals surface area contributed by atoms with Crippen LogP contribution < -0.4 is 10.1 Å². The summed E-state index contributed by atoms with van der Waals surface area (Å²) in [6.07, 6.45) is 0. The summed E-state index contributed by atoms with van der Waals surface area (Å²) >= 11 is 4.24. The molecule has 0 saturated carbocycles. The summed E-state index contributed by atoms with van der Waals surface area (Å²) in [6.45, 7) is 9.03. The number of aryl methyl sites for hydroxylation is 1. The Hall–Kier alpha value is -2.46. The molecule has 176 valence electrons. The van der Waals surface area contributed by atoms with Gasteiger partial charge in [0.2, 0.25) is 5.91 Å². The number of amides is 1. The van der Waals surface area contributed by atoms with Gasteiger partial charge in [0, 0.05) is 17.1 Å². The second-order valence-electron chi connectivity index (χ2n) is 7.71. The van der Waals surface area contributed by atoms with Gasteiger partial charge in [-0.1, -0.05) is 37.7 Å². The fourth-order valence-electron chi connectivity index (χ4n) is 3.20. The number of halogens is 3. The molecule has 0 radical (unpaired) electrons. The van der Waals surface area contributed by atoms with Crippen LogP contribution >= 0.6 is 27.7 Å². The van der Waals surface area contributed by atoms with E-state index in [9.17, 15) is 13.6 Å². The van der Waals surface area contributed by atoms with Crippen LogP contribution in [0.4, 0.5) is 14.5 Å². The van der Waals surface area contributed by atoms with E-state index in [4.69, 9.17) is 4.74 Å². The molecular weight excluding hydrogens is 514 g/mol. The van der Waals surface area contributed by atoms with Gasteiger partial charge in [0.1, 0.15) is 18.2 Å². The van der Waals surface area contributed by atoms with E-state index in [2.05, 4.69) is 57.4 Å². The zero-order valence-corrected chi connectivity index (χ0v) is 21.2. The molecule has 3 aromatic rings. The molecule has 0 spiro atoms. The van der Waals surface area contributed by atoms with E-state index in [1.54, 1.807) is 0 Å². The molecule has 1 aromatic heterocycles. The number of thioether (sulfide) groups is 1. The van der Waals surface area contributed by atoms with Crippen molar-refractivity contribution in [3.63, 3.8) is 0 Å². The number of aromatic nitrogens is 3. The molecular formula is C23H25BrF2N4O2S. The fraction of sp³-hybridized carbons (Fsp3) is 0.348. The number of nitrogens with zero attached hydrogens (tertiary/aromatic N) is 3. The van der Waals surface area contributed by atoms with Crippen molar-refractivity contribution in [2.24, 2.45) is 0 Å². The molecule has 0 bridgehead atoms. The third kappa shape index (κ3) is 6.32. The zero-order chi connectivity index (χ0) is 24.1. The maximum Gasteiger partial charge on any atom is 0.234 e. The molecule has 10 heteroatoms. The number of nitrogens with one attached hydrogen (secondary N) is 1. The zero-order valence-electron chi connectivity index (χ0n) is 18.8. The number of benzene rings is 2. The lowest BCUT2D eigenvalue weighted by Crippen LogP contribution is -2.16. The van der Waals surface area contributed by atoms with Crippen LogP contribution in [0.3, 0.4) is 0 Å². The Morgan fingerprint density at radius 1 is 1.24 bits per heavy atom. The molecule has 0 aliphatic rings. The minimum Gasteiger partial charge on any atom is -0.485 e. The van der Waals surface area contributed by atoms with E-state index < -0.39 is 17.5 Å². The second kappa shape index (κ2) is 11.1. The SMILES string of the molecule is CCn1c(COc2cc(C)ccc2C(C)C)nnc1SCC(=O)Nc1c(F)cc(F)cc1Br. The van der Waals surface area contributed by atoms with Crippen molar-refractivity contribution in [3.8, 4) is 5.75 Å². The van der Waals surface area contributed by atoms with E-state index in [0.29, 0.717) is 29.5 Å². The summed E-state index contributed by atoms with van der Waals surface area (Å²) in [6, 6.07) is 7.95. The van der Waals surface area contributed by atoms with Gasteiger partial charge < -0.3 is 14.6 Å². The van der Waals surface area contributed by atoms with Crippen molar-refractivity contribution in [2.75, 3.05) is 11.1 Å². The van der Waals surface area contributed by atoms with E-state index in [0.717, 1.165) is 22.9 Å². The van der Waals surface area contributed by atoms with Gasteiger partial charge in [-0.05, 0) is 59.0 Å². The monoisotopic (exact) mass is 538 g/mol. The third-order valence-corrected chi connectivity index (χ3v) is 6.45. The van der Waals surface area contributed by atoms with Gasteiger partial charge in [0.15, 0.2) is 16.8 Å². The Bertz CT molecular complexity index is 1130. The Kier molecular flexibility index (Phi) is 8.47. The van der Waals surface area contributed by atoms with Crippen LogP contribution in [0.2, 0.25) is 0 Å². The lowest BCUT2D eigenvalue weighted by Gasteiger charge is -2.15. The Labute approximate surface area is 204 Å². The van der Waals surface area contributed by atoms with Crippen molar-refractivity contribution in [1.82, 2.24) is 14.8 Å². The first kappa shape index (κ1) is 25.2. The van der Waals surface area contributed by atoms with Gasteiger partial charge in [-0.3, -0.25) is 4.79 Å². The van der Waals surface area contributed by atoms with Crippen LogP contribution in [0.15, 0.2) is 40.0 Å². The molecule has 3 rings (SSSR count). The molecule has 1 heterocycles. The van der Waals surface area contributed by atoms with Gasteiger partial charge in [-0.15, -0.1) is 10.2 Å². The van der Waals surface area contributed by atoms with Crippen LogP contribution in [-0.2, 0) is 17.9 Å². The molecule has 0 fully saturated rings. The molecule has 0 saturated heterocycles. The van der Waals surface area contributed by atoms with E-state index >= 15 is 0 Å². The molecule has 0 atom stereocenters. The number of ether oxygens (including phenoxy) is 1. The number of carbonyl (C=O) groups excluding carboxylic acids is 1. The first-order valence-electron chi connectivity index (χ1n) is 10.4. The molecule has 0 aliphatic heterocycles. The predicted octanol–water partition coefficient (Wildman–Crippen LogP) is 6.08. The fourth-order valence-corrected chi connectivity index (χ4v) is 4.53. The highest BCUT2D eigenvalue weighted by molar-refractivity contribution is 9.10. The minimum absolute atomic E-state index is 0.0162. The van der Waals surface area contributed by atoms with E-state index in [1.165, 1.54) is 11.8 Å². The average Bonchev–Trinajstić information content (AvgIpc) is 3.14. The molecule has 1 amide bonds. The van der Waals surface area contributed by atoms with Crippen LogP contribution in [-0.4, -0.2) is 26.4 Å². The number of anilines is 1. The lowest BCUT2D eigenvalue weighted by atomic mass is 10.0. The van der Waals surface area contributed by atoms with Gasteiger partial charge >= 0.3 is 0 Å². The van der Waals surface area contributed by atoms with Gasteiger partial charge in [-0.25, -0.2) is 8.78 Å². The first-order chi connectivity index (χ1) is 15.7. The van der Waals surface area contributed by atoms with Crippen molar-refractivity contribution >= 4 is 39.3 Å². The Morgan fingerprint density at radius 3 is 2.67 bits per heavy atom. The van der Waals surface area contributed by atoms with Crippen molar-refractivity contribution < 1.29 is 18.3 Å². The summed E-state index contributed by atoms with van der Waals surface area (Å²) in [4.78, 5) is 12.3. The molecule has 6 nitrogen and oxygen atoms in total. The smallest absolute Gasteiger partial charge is 0.234 e. The summed E-state index contributed by atoms with van der Waals surface area (Å²) in [5.74, 6) is -0.272. The predicted molar refractivity (Wildman–Crippen MR) is 129 cm³/mol. The maximum absolute atomic E-state index is 14.0. The first-order valence-corrected chi connectivity index (χ1v) is 12.2. The van der Waals surface area contributed by atoms with Crippen LogP contribution in [0.5, 0.6) is 5.75 Å². The summed E-state index contributed by atoms with van der Waals surface area (Å²) in [7, 11) is 0. The van der Waals surface area contributed by atoms with E-state index in [-0.39, 0.29) is 22.5 Å². The number of rotatable bonds is 9. The molecule has 1 N–H and O–H groups in total. The number of carbonyl (C=O) groups is 1. The van der Waals surface area contributed by atoms with Crippen molar-refractivity contribution in [1.29, 1.82) is 0 Å². The number of hydrogen-bond acceptors (Lipinski definition) is 5. The highest BCUT2D eigenvalue weighted by Gasteiger charge is 2.17. The van der Waals surface area contributed by atoms with Gasteiger partial charge in [-0.2, -0.15) is 0 Å². The van der Waals surface area contributed by atoms with Crippen molar-refractivity contribution in [2.45, 2.75) is 51.9 Å². The topological polar surface area (TPSA) is 69.0 Å². The maximum atomic E-state index is 14.0. The van der Waals surface area contributed by atoms with Gasteiger partial charge in [0.25, 0.3) is 0 Å². The molecule has 33 heavy (non-hydrogen) atoms. The third-order valence-electron chi connectivity index (χ3n) is 4.86. The Balaban J connectivity index is 1.65. The highest BCUT2D eigenvalue weighted by atomic mass is 79.9. The van der Waals surface area contributed by atoms with Gasteiger partial charge in [0.05, 0.1) is 11.4 Å². The Morgan fingerprint density at radius 2 is 2.00 bits per heavy atom. The van der Waals surface area contributed by atoms with Crippen LogP contribution in [0.1, 0.15) is 43.6 Å². The summed E-state index contributed by atoms with van der Waals surface area (Å²) < 4.78 is 35.3. The average molecular weight is 539 g/mol. The van der Waals surface area contributed by atoms with Crippen LogP contribution in [0, 0.1) is 18.6 Å². The minimum atomic E-state index is -0.853. The standard InChI is InChI=1S/C23H25BrF2N4O2S/c1-5-30-20(11-32-19-8-14(4)6-7-16(19)13(2)3)28-29-23(30)33-12-21(31)27-22-17(24)9-15(25)10-18(22)26/h6-10,13H,5,11-12H2,1-4H3,(H,27,31). The summed E-state index contributed by atoms with van der Waals surface area (Å²) in [5, 5.41) is 11.4. The highest BCUT2D eigenvalue weighted by Crippen LogP contribution is 2.29. The normalized spacial score (nSPS) is 11.2. The second-order valence-corrected chi connectivity index (χ2v) is 9.51. The molecule has 2 aromatic carbocycles. The molecule has 0 unspecified atom stereocenters. The summed E-state index contributed by atoms with van der Waals surface area (Å²) in [5.41, 5.74) is 2.12. The largest absolute Gasteiger partial charge is 0.485 e. The van der Waals surface area contributed by atoms with Crippen LogP contribution in [0.25, 0.3) is 0 Å². The van der Waals surface area contributed by atoms with Crippen molar-refractivity contribution in [3.05, 3.63) is 63.4 Å². The quantitative estimate of drug-likeness (QED) is 0.334. The lowest BCUT2D eigenvalue weighted by molar-refractivity contribution is -0.113.